The standard InChI is InChI=1S/C22H25N3O2/c1-17-21(23-22(27-17)18-7-4-3-5-8-18)16-24-11-13-25(14-12-24)19-9-6-10-20(15-19)26-2/h3-10,15H,11-14,16H2,1-2H3. The van der Waals surface area contributed by atoms with Gasteiger partial charge in [-0.1, -0.05) is 24.3 Å². The Morgan fingerprint density at radius 1 is 1.00 bits per heavy atom. The van der Waals surface area contributed by atoms with Gasteiger partial charge in [0.1, 0.15) is 11.5 Å². The van der Waals surface area contributed by atoms with E-state index in [2.05, 4.69) is 21.9 Å². The summed E-state index contributed by atoms with van der Waals surface area (Å²) in [6.07, 6.45) is 0. The van der Waals surface area contributed by atoms with Gasteiger partial charge in [-0.3, -0.25) is 4.90 Å². The van der Waals surface area contributed by atoms with Crippen molar-refractivity contribution in [1.29, 1.82) is 0 Å². The average molecular weight is 363 g/mol. The second-order valence-corrected chi connectivity index (χ2v) is 6.85. The first-order chi connectivity index (χ1) is 13.2. The number of hydrogen-bond donors (Lipinski definition) is 0. The summed E-state index contributed by atoms with van der Waals surface area (Å²) in [5.74, 6) is 2.52. The molecule has 5 heteroatoms. The molecule has 0 unspecified atom stereocenters. The normalized spacial score (nSPS) is 15.1. The zero-order valence-electron chi connectivity index (χ0n) is 15.9. The monoisotopic (exact) mass is 363 g/mol. The van der Waals surface area contributed by atoms with Crippen molar-refractivity contribution in [3.8, 4) is 17.2 Å². The first kappa shape index (κ1) is 17.6. The van der Waals surface area contributed by atoms with Crippen molar-refractivity contribution in [2.75, 3.05) is 38.2 Å². The van der Waals surface area contributed by atoms with Crippen LogP contribution in [0.15, 0.2) is 59.0 Å². The Labute approximate surface area is 160 Å². The number of ether oxygens (including phenoxy) is 1. The lowest BCUT2D eigenvalue weighted by Crippen LogP contribution is -2.46. The minimum Gasteiger partial charge on any atom is -0.497 e. The van der Waals surface area contributed by atoms with Crippen LogP contribution in [0.4, 0.5) is 5.69 Å². The van der Waals surface area contributed by atoms with Gasteiger partial charge in [0, 0.05) is 50.0 Å². The molecular formula is C22H25N3O2. The van der Waals surface area contributed by atoms with Gasteiger partial charge in [0.05, 0.1) is 12.8 Å². The number of nitrogens with zero attached hydrogens (tertiary/aromatic N) is 3. The van der Waals surface area contributed by atoms with E-state index in [0.717, 1.165) is 55.5 Å². The number of oxazole rings is 1. The lowest BCUT2D eigenvalue weighted by Gasteiger charge is -2.35. The maximum Gasteiger partial charge on any atom is 0.226 e. The summed E-state index contributed by atoms with van der Waals surface area (Å²) < 4.78 is 11.2. The van der Waals surface area contributed by atoms with Gasteiger partial charge in [-0.15, -0.1) is 0 Å². The lowest BCUT2D eigenvalue weighted by molar-refractivity contribution is 0.246. The van der Waals surface area contributed by atoms with Crippen molar-refractivity contribution in [2.45, 2.75) is 13.5 Å². The predicted molar refractivity (Wildman–Crippen MR) is 107 cm³/mol. The van der Waals surface area contributed by atoms with Crippen molar-refractivity contribution >= 4 is 5.69 Å². The fourth-order valence-corrected chi connectivity index (χ4v) is 3.46. The zero-order valence-corrected chi connectivity index (χ0v) is 15.9. The van der Waals surface area contributed by atoms with Crippen LogP contribution in [0.2, 0.25) is 0 Å². The molecule has 27 heavy (non-hydrogen) atoms. The molecule has 4 rings (SSSR count). The minimum atomic E-state index is 0.707. The molecule has 1 aliphatic heterocycles. The third-order valence-electron chi connectivity index (χ3n) is 5.08. The number of hydrogen-bond acceptors (Lipinski definition) is 5. The molecule has 2 aromatic carbocycles. The molecule has 1 saturated heterocycles. The number of methoxy groups -OCH3 is 1. The molecule has 0 spiro atoms. The molecule has 0 radical (unpaired) electrons. The number of piperazine rings is 1. The van der Waals surface area contributed by atoms with Crippen LogP contribution in [-0.4, -0.2) is 43.2 Å². The van der Waals surface area contributed by atoms with Crippen molar-refractivity contribution in [3.05, 3.63) is 66.1 Å². The van der Waals surface area contributed by atoms with Crippen LogP contribution in [0, 0.1) is 6.92 Å². The Balaban J connectivity index is 1.39. The Kier molecular flexibility index (Phi) is 5.12. The van der Waals surface area contributed by atoms with Gasteiger partial charge < -0.3 is 14.1 Å². The summed E-state index contributed by atoms with van der Waals surface area (Å²) in [5.41, 5.74) is 3.27. The molecule has 140 valence electrons. The van der Waals surface area contributed by atoms with Crippen molar-refractivity contribution in [2.24, 2.45) is 0 Å². The summed E-state index contributed by atoms with van der Waals surface area (Å²) in [6, 6.07) is 18.3. The highest BCUT2D eigenvalue weighted by Gasteiger charge is 2.20. The Bertz CT molecular complexity index is 884. The van der Waals surface area contributed by atoms with E-state index >= 15 is 0 Å². The molecule has 0 saturated carbocycles. The van der Waals surface area contributed by atoms with Crippen LogP contribution in [0.5, 0.6) is 5.75 Å². The smallest absolute Gasteiger partial charge is 0.226 e. The van der Waals surface area contributed by atoms with Crippen LogP contribution in [0.3, 0.4) is 0 Å². The van der Waals surface area contributed by atoms with Gasteiger partial charge in [-0.2, -0.15) is 0 Å². The van der Waals surface area contributed by atoms with E-state index in [0.29, 0.717) is 5.89 Å². The third kappa shape index (κ3) is 3.98. The van der Waals surface area contributed by atoms with E-state index in [-0.39, 0.29) is 0 Å². The van der Waals surface area contributed by atoms with E-state index < -0.39 is 0 Å². The summed E-state index contributed by atoms with van der Waals surface area (Å²) >= 11 is 0. The lowest BCUT2D eigenvalue weighted by atomic mass is 10.2. The maximum absolute atomic E-state index is 5.90. The van der Waals surface area contributed by atoms with Crippen LogP contribution in [0.25, 0.3) is 11.5 Å². The van der Waals surface area contributed by atoms with Gasteiger partial charge in [-0.25, -0.2) is 4.98 Å². The van der Waals surface area contributed by atoms with Crippen molar-refractivity contribution < 1.29 is 9.15 Å². The second kappa shape index (κ2) is 7.84. The molecular weight excluding hydrogens is 338 g/mol. The quantitative estimate of drug-likeness (QED) is 0.686. The van der Waals surface area contributed by atoms with Crippen LogP contribution in [-0.2, 0) is 6.54 Å². The van der Waals surface area contributed by atoms with Crippen LogP contribution >= 0.6 is 0 Å². The Morgan fingerprint density at radius 2 is 1.78 bits per heavy atom. The Morgan fingerprint density at radius 3 is 2.52 bits per heavy atom. The summed E-state index contributed by atoms with van der Waals surface area (Å²) in [7, 11) is 1.71. The molecule has 0 N–H and O–H groups in total. The average Bonchev–Trinajstić information content (AvgIpc) is 3.09. The highest BCUT2D eigenvalue weighted by Crippen LogP contribution is 2.24. The van der Waals surface area contributed by atoms with Crippen molar-refractivity contribution in [1.82, 2.24) is 9.88 Å². The highest BCUT2D eigenvalue weighted by atomic mass is 16.5. The fraction of sp³-hybridized carbons (Fsp3) is 0.318. The van der Waals surface area contributed by atoms with E-state index in [9.17, 15) is 0 Å². The predicted octanol–water partition coefficient (Wildman–Crippen LogP) is 3.98. The molecule has 0 aliphatic carbocycles. The van der Waals surface area contributed by atoms with E-state index in [4.69, 9.17) is 14.1 Å². The van der Waals surface area contributed by atoms with Gasteiger partial charge in [-0.05, 0) is 31.2 Å². The summed E-state index contributed by atoms with van der Waals surface area (Å²) in [4.78, 5) is 9.58. The van der Waals surface area contributed by atoms with Crippen LogP contribution in [0.1, 0.15) is 11.5 Å². The SMILES string of the molecule is COc1cccc(N2CCN(Cc3nc(-c4ccccc4)oc3C)CC2)c1. The van der Waals surface area contributed by atoms with Gasteiger partial charge >= 0.3 is 0 Å². The fourth-order valence-electron chi connectivity index (χ4n) is 3.46. The summed E-state index contributed by atoms with van der Waals surface area (Å²) in [6.45, 7) is 6.83. The first-order valence-corrected chi connectivity index (χ1v) is 9.36. The molecule has 5 nitrogen and oxygen atoms in total. The number of benzene rings is 2. The van der Waals surface area contributed by atoms with E-state index in [1.165, 1.54) is 5.69 Å². The maximum atomic E-state index is 5.90. The number of aryl methyl sites for hydroxylation is 1. The minimum absolute atomic E-state index is 0.707. The highest BCUT2D eigenvalue weighted by molar-refractivity contribution is 5.53. The molecule has 1 aromatic heterocycles. The van der Waals surface area contributed by atoms with Gasteiger partial charge in [0.15, 0.2) is 0 Å². The van der Waals surface area contributed by atoms with E-state index in [1.807, 2.05) is 49.4 Å². The molecule has 1 aliphatic rings. The molecule has 1 fully saturated rings. The third-order valence-corrected chi connectivity index (χ3v) is 5.08. The van der Waals surface area contributed by atoms with Gasteiger partial charge in [0.25, 0.3) is 0 Å². The summed E-state index contributed by atoms with van der Waals surface area (Å²) in [5, 5.41) is 0. The number of rotatable bonds is 5. The van der Waals surface area contributed by atoms with Crippen LogP contribution < -0.4 is 9.64 Å². The molecule has 3 aromatic rings. The zero-order chi connectivity index (χ0) is 18.6. The molecule has 0 amide bonds. The molecule has 0 bridgehead atoms. The molecule has 2 heterocycles. The number of anilines is 1. The largest absolute Gasteiger partial charge is 0.497 e. The molecule has 0 atom stereocenters. The first-order valence-electron chi connectivity index (χ1n) is 9.36. The van der Waals surface area contributed by atoms with E-state index in [1.54, 1.807) is 7.11 Å². The van der Waals surface area contributed by atoms with Crippen molar-refractivity contribution in [3.63, 3.8) is 0 Å². The second-order valence-electron chi connectivity index (χ2n) is 6.85. The topological polar surface area (TPSA) is 41.7 Å². The number of aromatic nitrogens is 1. The Hall–Kier alpha value is -2.79. The van der Waals surface area contributed by atoms with Gasteiger partial charge in [0.2, 0.25) is 5.89 Å².